The number of alkyl halides is 3. The van der Waals surface area contributed by atoms with Gasteiger partial charge in [0.1, 0.15) is 36.1 Å². The number of rotatable bonds is 3. The van der Waals surface area contributed by atoms with E-state index in [4.69, 9.17) is 14.2 Å². The van der Waals surface area contributed by atoms with Crippen LogP contribution in [0.4, 0.5) is 23.2 Å². The third-order valence-corrected chi connectivity index (χ3v) is 6.04. The molecule has 0 bridgehead atoms. The van der Waals surface area contributed by atoms with Gasteiger partial charge >= 0.3 is 6.30 Å². The van der Waals surface area contributed by atoms with Gasteiger partial charge in [0, 0.05) is 41.0 Å². The topological polar surface area (TPSA) is 60.6 Å². The summed E-state index contributed by atoms with van der Waals surface area (Å²) >= 11 is 0. The lowest BCUT2D eigenvalue weighted by molar-refractivity contribution is -0.560. The van der Waals surface area contributed by atoms with Crippen LogP contribution >= 0.6 is 0 Å². The zero-order valence-electron chi connectivity index (χ0n) is 18.5. The van der Waals surface area contributed by atoms with E-state index >= 15 is 0 Å². The van der Waals surface area contributed by atoms with Crippen molar-refractivity contribution in [3.05, 3.63) is 47.9 Å². The number of benzene rings is 2. The highest BCUT2D eigenvalue weighted by Gasteiger charge is 2.37. The van der Waals surface area contributed by atoms with Crippen LogP contribution < -0.4 is 14.8 Å². The first-order chi connectivity index (χ1) is 16.2. The van der Waals surface area contributed by atoms with Crippen molar-refractivity contribution in [2.24, 2.45) is 0 Å². The van der Waals surface area contributed by atoms with E-state index in [1.165, 1.54) is 25.3 Å². The van der Waals surface area contributed by atoms with Crippen molar-refractivity contribution in [2.45, 2.75) is 25.4 Å². The predicted molar refractivity (Wildman–Crippen MR) is 116 cm³/mol. The van der Waals surface area contributed by atoms with E-state index in [1.807, 2.05) is 6.92 Å². The van der Waals surface area contributed by atoms with E-state index in [1.54, 1.807) is 12.1 Å². The number of anilines is 1. The molecule has 1 aromatic heterocycles. The van der Waals surface area contributed by atoms with Gasteiger partial charge in [-0.3, -0.25) is 0 Å². The van der Waals surface area contributed by atoms with Crippen LogP contribution in [-0.2, 0) is 11.0 Å². The summed E-state index contributed by atoms with van der Waals surface area (Å²) in [6.45, 7) is 3.98. The van der Waals surface area contributed by atoms with Gasteiger partial charge in [-0.2, -0.15) is 9.78 Å². The molecule has 1 N–H and O–H groups in total. The summed E-state index contributed by atoms with van der Waals surface area (Å²) in [6, 6.07) is 6.88. The molecule has 34 heavy (non-hydrogen) atoms. The van der Waals surface area contributed by atoms with Gasteiger partial charge in [0.05, 0.1) is 12.6 Å². The molecule has 0 saturated carbocycles. The molecule has 5 rings (SSSR count). The molecule has 0 radical (unpaired) electrons. The van der Waals surface area contributed by atoms with Crippen LogP contribution in [0.5, 0.6) is 11.5 Å². The Balaban J connectivity index is 1.64. The third kappa shape index (κ3) is 4.15. The SMILES string of the molecule is COc1cc(N[C@@H]2C(=[N+]3CCO[C@H](C)C3)COc3cc(F)ccc32)c2cn(C(F)(F)F)nc2c1. The minimum atomic E-state index is -4.66. The Morgan fingerprint density at radius 3 is 2.79 bits per heavy atom. The van der Waals surface area contributed by atoms with Gasteiger partial charge in [0.25, 0.3) is 0 Å². The lowest BCUT2D eigenvalue weighted by Crippen LogP contribution is -2.44. The maximum absolute atomic E-state index is 13.9. The molecular weight excluding hydrogens is 456 g/mol. The molecule has 0 unspecified atom stereocenters. The standard InChI is InChI=1S/C23H23F4N4O3/c1-13-10-30(5-6-33-13)20-12-34-21-7-14(24)3-4-16(21)22(20)28-18-8-15(32-2)9-19-17(18)11-31(29-19)23(25,26)27/h3-4,7-9,11,13,22,28H,5-6,10,12H2,1-2H3/q+1/t13-,22+/m1/s1. The normalized spacial score (nSPS) is 22.9. The van der Waals surface area contributed by atoms with Crippen molar-refractivity contribution in [1.29, 1.82) is 0 Å². The molecule has 180 valence electrons. The second-order valence-electron chi connectivity index (χ2n) is 8.32. The average Bonchev–Trinajstić information content (AvgIpc) is 3.24. The van der Waals surface area contributed by atoms with Crippen LogP contribution in [0.1, 0.15) is 18.5 Å². The van der Waals surface area contributed by atoms with Crippen LogP contribution in [0.15, 0.2) is 36.5 Å². The van der Waals surface area contributed by atoms with Crippen molar-refractivity contribution >= 4 is 22.3 Å². The lowest BCUT2D eigenvalue weighted by atomic mass is 9.97. The Kier molecular flexibility index (Phi) is 5.59. The maximum atomic E-state index is 13.9. The highest BCUT2D eigenvalue weighted by Crippen LogP contribution is 2.38. The molecule has 7 nitrogen and oxygen atoms in total. The molecule has 2 aliphatic rings. The Labute approximate surface area is 192 Å². The number of aromatic nitrogens is 2. The summed E-state index contributed by atoms with van der Waals surface area (Å²) in [4.78, 5) is 0. The lowest BCUT2D eigenvalue weighted by Gasteiger charge is -2.30. The average molecular weight is 479 g/mol. The predicted octanol–water partition coefficient (Wildman–Crippen LogP) is 4.08. The molecule has 0 spiro atoms. The molecule has 3 heterocycles. The fraction of sp³-hybridized carbons (Fsp3) is 0.391. The van der Waals surface area contributed by atoms with E-state index in [0.717, 1.165) is 11.9 Å². The molecule has 0 aliphatic carbocycles. The molecule has 11 heteroatoms. The Morgan fingerprint density at radius 2 is 2.06 bits per heavy atom. The highest BCUT2D eigenvalue weighted by atomic mass is 19.4. The number of hydrogen-bond acceptors (Lipinski definition) is 5. The number of ether oxygens (including phenoxy) is 3. The Morgan fingerprint density at radius 1 is 1.24 bits per heavy atom. The monoisotopic (exact) mass is 479 g/mol. The van der Waals surface area contributed by atoms with Gasteiger partial charge in [-0.05, 0) is 19.1 Å². The fourth-order valence-electron chi connectivity index (χ4n) is 4.42. The largest absolute Gasteiger partial charge is 0.504 e. The number of nitrogens with zero attached hydrogens (tertiary/aromatic N) is 3. The first-order valence-electron chi connectivity index (χ1n) is 10.8. The number of nitrogens with one attached hydrogen (secondary N) is 1. The molecular formula is C23H23F4N4O3+. The van der Waals surface area contributed by atoms with E-state index in [9.17, 15) is 17.6 Å². The first-order valence-corrected chi connectivity index (χ1v) is 10.8. The van der Waals surface area contributed by atoms with E-state index in [0.29, 0.717) is 42.4 Å². The zero-order valence-corrected chi connectivity index (χ0v) is 18.5. The maximum Gasteiger partial charge on any atom is 0.504 e. The quantitative estimate of drug-likeness (QED) is 0.453. The van der Waals surface area contributed by atoms with E-state index < -0.39 is 18.2 Å². The van der Waals surface area contributed by atoms with Gasteiger partial charge in [0.15, 0.2) is 19.7 Å². The molecule has 2 atom stereocenters. The van der Waals surface area contributed by atoms with Gasteiger partial charge in [-0.25, -0.2) is 8.97 Å². The summed E-state index contributed by atoms with van der Waals surface area (Å²) in [5, 5.41) is 7.34. The minimum absolute atomic E-state index is 0.00468. The minimum Gasteiger partial charge on any atom is -0.497 e. The van der Waals surface area contributed by atoms with Gasteiger partial charge in [0.2, 0.25) is 5.71 Å². The summed E-state index contributed by atoms with van der Waals surface area (Å²) in [7, 11) is 1.44. The number of halogens is 4. The molecule has 0 amide bonds. The fourth-order valence-corrected chi connectivity index (χ4v) is 4.42. The van der Waals surface area contributed by atoms with Crippen molar-refractivity contribution in [2.75, 3.05) is 38.7 Å². The summed E-state index contributed by atoms with van der Waals surface area (Å²) < 4.78 is 72.9. The van der Waals surface area contributed by atoms with Gasteiger partial charge in [-0.15, -0.1) is 13.2 Å². The second-order valence-corrected chi connectivity index (χ2v) is 8.32. The Bertz CT molecular complexity index is 1270. The molecule has 3 aromatic rings. The molecule has 2 aromatic carbocycles. The zero-order chi connectivity index (χ0) is 24.0. The number of methoxy groups -OCH3 is 1. The smallest absolute Gasteiger partial charge is 0.497 e. The third-order valence-electron chi connectivity index (χ3n) is 6.04. The van der Waals surface area contributed by atoms with Crippen LogP contribution in [0.2, 0.25) is 0 Å². The first kappa shape index (κ1) is 22.5. The van der Waals surface area contributed by atoms with Gasteiger partial charge in [-0.1, -0.05) is 0 Å². The van der Waals surface area contributed by atoms with Crippen LogP contribution in [-0.4, -0.2) is 59.6 Å². The van der Waals surface area contributed by atoms with Crippen LogP contribution in [0.25, 0.3) is 10.9 Å². The second kappa shape index (κ2) is 8.46. The van der Waals surface area contributed by atoms with Crippen molar-refractivity contribution in [3.8, 4) is 11.5 Å². The number of fused-ring (bicyclic) bond motifs is 2. The molecule has 1 saturated heterocycles. The van der Waals surface area contributed by atoms with Crippen molar-refractivity contribution in [3.63, 3.8) is 0 Å². The van der Waals surface area contributed by atoms with Crippen molar-refractivity contribution < 1.29 is 36.3 Å². The molecule has 2 aliphatic heterocycles. The number of hydrogen-bond donors (Lipinski definition) is 1. The van der Waals surface area contributed by atoms with Crippen LogP contribution in [0, 0.1) is 5.82 Å². The van der Waals surface area contributed by atoms with E-state index in [-0.39, 0.29) is 28.3 Å². The molecule has 1 fully saturated rings. The van der Waals surface area contributed by atoms with E-state index in [2.05, 4.69) is 15.0 Å². The Hall–Kier alpha value is -3.34. The summed E-state index contributed by atoms with van der Waals surface area (Å²) in [5.41, 5.74) is 2.10. The van der Waals surface area contributed by atoms with Crippen LogP contribution in [0.3, 0.4) is 0 Å². The highest BCUT2D eigenvalue weighted by molar-refractivity contribution is 5.97. The van der Waals surface area contributed by atoms with Crippen molar-refractivity contribution in [1.82, 2.24) is 9.78 Å². The summed E-state index contributed by atoms with van der Waals surface area (Å²) in [5.74, 6) is 0.305. The van der Waals surface area contributed by atoms with Gasteiger partial charge < -0.3 is 19.5 Å². The number of morpholine rings is 1. The summed E-state index contributed by atoms with van der Waals surface area (Å²) in [6.07, 6.45) is -3.71.